The van der Waals surface area contributed by atoms with Gasteiger partial charge in [0.05, 0.1) is 29.0 Å². The summed E-state index contributed by atoms with van der Waals surface area (Å²) in [7, 11) is 0. The van der Waals surface area contributed by atoms with Crippen LogP contribution in [0.1, 0.15) is 66.8 Å². The predicted molar refractivity (Wildman–Crippen MR) is 228 cm³/mol. The summed E-state index contributed by atoms with van der Waals surface area (Å²) in [6.45, 7) is 7.96. The molecule has 0 spiro atoms. The Bertz CT molecular complexity index is 2430. The van der Waals surface area contributed by atoms with E-state index in [2.05, 4.69) is 26.3 Å². The molecular formula is C43H51FN10O8. The van der Waals surface area contributed by atoms with Crippen LogP contribution in [0.5, 0.6) is 0 Å². The number of alkyl carbamates (subject to hydrolysis) is 1. The molecule has 5 aromatic rings. The molecular weight excluding hydrogens is 804 g/mol. The van der Waals surface area contributed by atoms with Crippen molar-refractivity contribution in [1.82, 2.24) is 35.1 Å². The molecule has 1 saturated heterocycles. The summed E-state index contributed by atoms with van der Waals surface area (Å²) in [5.74, 6) is -2.02. The second-order valence-electron chi connectivity index (χ2n) is 15.4. The number of rotatable bonds is 17. The second kappa shape index (κ2) is 19.9. The molecule has 19 heteroatoms. The number of ether oxygens (including phenoxy) is 2. The molecule has 1 aliphatic rings. The Morgan fingerprint density at radius 2 is 1.65 bits per heavy atom. The normalized spacial score (nSPS) is 13.4. The number of carbonyl (C=O) groups excluding carboxylic acids is 3. The highest BCUT2D eigenvalue weighted by atomic mass is 19.1. The Kier molecular flexibility index (Phi) is 14.3. The fraction of sp³-hybridized carbons (Fsp3) is 0.372. The average molecular weight is 855 g/mol. The number of anilines is 2. The maximum Gasteiger partial charge on any atom is 0.410 e. The fourth-order valence-corrected chi connectivity index (χ4v) is 7.07. The van der Waals surface area contributed by atoms with Gasteiger partial charge in [-0.2, -0.15) is 0 Å². The quantitative estimate of drug-likeness (QED) is 0.0764. The largest absolute Gasteiger partial charge is 0.477 e. The van der Waals surface area contributed by atoms with Gasteiger partial charge in [0.1, 0.15) is 30.3 Å². The van der Waals surface area contributed by atoms with Crippen LogP contribution in [0.2, 0.25) is 0 Å². The van der Waals surface area contributed by atoms with E-state index in [-0.39, 0.29) is 43.4 Å². The lowest BCUT2D eigenvalue weighted by molar-refractivity contribution is 0.0694. The average Bonchev–Trinajstić information content (AvgIpc) is 3.77. The molecule has 3 heterocycles. The molecule has 1 fully saturated rings. The van der Waals surface area contributed by atoms with Gasteiger partial charge in [-0.1, -0.05) is 47.7 Å². The Morgan fingerprint density at radius 1 is 0.952 bits per heavy atom. The summed E-state index contributed by atoms with van der Waals surface area (Å²) < 4.78 is 29.7. The van der Waals surface area contributed by atoms with Gasteiger partial charge in [0.15, 0.2) is 0 Å². The maximum absolute atomic E-state index is 15.3. The Labute approximate surface area is 356 Å². The van der Waals surface area contributed by atoms with Crippen LogP contribution in [0.15, 0.2) is 83.9 Å². The Hall–Kier alpha value is -7.18. The molecule has 62 heavy (non-hydrogen) atoms. The summed E-state index contributed by atoms with van der Waals surface area (Å²) in [4.78, 5) is 64.6. The minimum atomic E-state index is -1.37. The van der Waals surface area contributed by atoms with Crippen molar-refractivity contribution in [2.24, 2.45) is 5.73 Å². The van der Waals surface area contributed by atoms with Gasteiger partial charge in [0, 0.05) is 63.1 Å². The van der Waals surface area contributed by atoms with Gasteiger partial charge >= 0.3 is 24.2 Å². The highest BCUT2D eigenvalue weighted by Gasteiger charge is 2.29. The minimum absolute atomic E-state index is 0.00845. The molecule has 0 bridgehead atoms. The number of carboxylic acids is 1. The van der Waals surface area contributed by atoms with E-state index < -0.39 is 46.5 Å². The first-order chi connectivity index (χ1) is 29.7. The lowest BCUT2D eigenvalue weighted by atomic mass is 10.0. The van der Waals surface area contributed by atoms with Gasteiger partial charge in [-0.15, -0.1) is 5.10 Å². The molecule has 1 unspecified atom stereocenters. The molecule has 6 N–H and O–H groups in total. The van der Waals surface area contributed by atoms with E-state index in [9.17, 15) is 29.1 Å². The number of aromatic carboxylic acids is 1. The van der Waals surface area contributed by atoms with Gasteiger partial charge in [-0.05, 0) is 69.0 Å². The van der Waals surface area contributed by atoms with Gasteiger partial charge in [-0.3, -0.25) is 4.79 Å². The van der Waals surface area contributed by atoms with Gasteiger partial charge in [0.25, 0.3) is 0 Å². The number of pyridine rings is 1. The van der Waals surface area contributed by atoms with E-state index in [0.29, 0.717) is 56.8 Å². The SMILES string of the molecule is CCn1cc(C(=O)O)c(=O)c2cc(F)c(N3CCN(C(=O)OCc4ccc(NCC(CCCNC(N)=O)n5cc(C(C)(C)NC(=O)OCc6ccccc6)nn5)cc4)CC3)cc21. The number of carbonyl (C=O) groups is 4. The summed E-state index contributed by atoms with van der Waals surface area (Å²) >= 11 is 0. The van der Waals surface area contributed by atoms with Crippen LogP contribution in [0.4, 0.5) is 30.1 Å². The highest BCUT2D eigenvalue weighted by molar-refractivity contribution is 5.93. The number of halogens is 1. The topological polar surface area (TPSA) is 228 Å². The smallest absolute Gasteiger partial charge is 0.410 e. The van der Waals surface area contributed by atoms with Crippen LogP contribution in [0, 0.1) is 5.82 Å². The van der Waals surface area contributed by atoms with E-state index in [1.54, 1.807) is 52.1 Å². The zero-order valence-electron chi connectivity index (χ0n) is 34.8. The van der Waals surface area contributed by atoms with E-state index in [1.165, 1.54) is 6.20 Å². The number of urea groups is 1. The van der Waals surface area contributed by atoms with Crippen molar-refractivity contribution in [2.45, 2.75) is 65.0 Å². The number of amides is 4. The maximum atomic E-state index is 15.3. The number of aromatic nitrogens is 4. The number of nitrogens with zero attached hydrogens (tertiary/aromatic N) is 6. The fourth-order valence-electron chi connectivity index (χ4n) is 7.07. The molecule has 0 saturated carbocycles. The molecule has 328 valence electrons. The number of nitrogens with two attached hydrogens (primary N) is 1. The van der Waals surface area contributed by atoms with Crippen molar-refractivity contribution >= 4 is 46.5 Å². The summed E-state index contributed by atoms with van der Waals surface area (Å²) in [5.41, 5.74) is 6.83. The number of piperazine rings is 1. The molecule has 4 amide bonds. The first kappa shape index (κ1) is 44.4. The van der Waals surface area contributed by atoms with Crippen LogP contribution in [0.3, 0.4) is 0 Å². The number of fused-ring (bicyclic) bond motifs is 1. The lowest BCUT2D eigenvalue weighted by Crippen LogP contribution is -2.49. The molecule has 18 nitrogen and oxygen atoms in total. The van der Waals surface area contributed by atoms with Crippen LogP contribution in [-0.4, -0.2) is 93.0 Å². The van der Waals surface area contributed by atoms with Gasteiger partial charge in [-0.25, -0.2) is 28.3 Å². The molecule has 6 rings (SSSR count). The number of nitrogens with one attached hydrogen (secondary N) is 3. The lowest BCUT2D eigenvalue weighted by Gasteiger charge is -2.35. The second-order valence-corrected chi connectivity index (χ2v) is 15.4. The van der Waals surface area contributed by atoms with Crippen molar-refractivity contribution in [3.05, 3.63) is 118 Å². The van der Waals surface area contributed by atoms with Crippen molar-refractivity contribution in [3.63, 3.8) is 0 Å². The van der Waals surface area contributed by atoms with Crippen LogP contribution in [-0.2, 0) is 34.8 Å². The summed E-state index contributed by atoms with van der Waals surface area (Å²) in [6, 6.07) is 18.6. The van der Waals surface area contributed by atoms with Crippen LogP contribution < -0.4 is 32.0 Å². The van der Waals surface area contributed by atoms with Crippen molar-refractivity contribution < 1.29 is 38.1 Å². The van der Waals surface area contributed by atoms with E-state index in [1.807, 2.05) is 54.6 Å². The zero-order chi connectivity index (χ0) is 44.4. The highest BCUT2D eigenvalue weighted by Crippen LogP contribution is 2.27. The molecule has 1 atom stereocenters. The number of benzene rings is 3. The Balaban J connectivity index is 1.00. The van der Waals surface area contributed by atoms with Gasteiger partial charge in [0.2, 0.25) is 5.43 Å². The zero-order valence-corrected chi connectivity index (χ0v) is 34.8. The van der Waals surface area contributed by atoms with Crippen LogP contribution >= 0.6 is 0 Å². The molecule has 3 aromatic carbocycles. The van der Waals surface area contributed by atoms with E-state index in [0.717, 1.165) is 22.9 Å². The Morgan fingerprint density at radius 3 is 2.32 bits per heavy atom. The predicted octanol–water partition coefficient (Wildman–Crippen LogP) is 5.17. The van der Waals surface area contributed by atoms with Crippen molar-refractivity contribution in [1.29, 1.82) is 0 Å². The minimum Gasteiger partial charge on any atom is -0.477 e. The summed E-state index contributed by atoms with van der Waals surface area (Å²) in [5, 5.41) is 27.0. The van der Waals surface area contributed by atoms with Crippen molar-refractivity contribution in [3.8, 4) is 0 Å². The first-order valence-corrected chi connectivity index (χ1v) is 20.3. The van der Waals surface area contributed by atoms with Gasteiger partial charge < -0.3 is 50.6 Å². The number of hydrogen-bond donors (Lipinski definition) is 5. The molecule has 1 aliphatic heterocycles. The number of primary amides is 1. The van der Waals surface area contributed by atoms with Crippen LogP contribution in [0.25, 0.3) is 10.9 Å². The number of carboxylic acid groups (broad SMARTS) is 1. The van der Waals surface area contributed by atoms with Crippen molar-refractivity contribution in [2.75, 3.05) is 49.5 Å². The number of hydrogen-bond acceptors (Lipinski definition) is 11. The third-order valence-corrected chi connectivity index (χ3v) is 10.6. The third kappa shape index (κ3) is 11.1. The molecule has 0 aliphatic carbocycles. The standard InChI is InChI=1S/C43H51FN10O8/c1-4-51-24-33(39(56)57)38(55)32-21-34(44)36(22-35(32)51)52-17-19-53(20-18-52)42(60)62-27-29-12-14-30(15-13-29)47-23-31(11-8-16-46-40(45)58)54-25-37(49-50-54)43(2,3)48-41(59)61-26-28-9-6-5-7-10-28/h5-7,9-10,12-15,21-22,24-25,31,47H,4,8,11,16-20,23,26-27H2,1-3H3,(H,48,59)(H,56,57)(H3,45,46,58). The summed E-state index contributed by atoms with van der Waals surface area (Å²) in [6.07, 6.45) is 3.16. The first-order valence-electron chi connectivity index (χ1n) is 20.3. The third-order valence-electron chi connectivity index (χ3n) is 10.6. The monoisotopic (exact) mass is 854 g/mol. The molecule has 0 radical (unpaired) electrons. The molecule has 2 aromatic heterocycles. The van der Waals surface area contributed by atoms with E-state index >= 15 is 4.39 Å². The van der Waals surface area contributed by atoms with E-state index in [4.69, 9.17) is 15.2 Å². The number of aryl methyl sites for hydroxylation is 1.